The molecule has 2 aliphatic heterocycles. The van der Waals surface area contributed by atoms with Gasteiger partial charge in [0, 0.05) is 18.7 Å². The number of amides is 2. The molecule has 2 heterocycles. The number of carbonyl (C=O) groups is 3. The number of hydrogen-bond donors (Lipinski definition) is 1. The molecule has 0 bridgehead atoms. The van der Waals surface area contributed by atoms with Gasteiger partial charge < -0.3 is 19.7 Å². The van der Waals surface area contributed by atoms with Crippen LogP contribution < -0.4 is 0 Å². The van der Waals surface area contributed by atoms with Crippen LogP contribution in [0.25, 0.3) is 0 Å². The number of carbonyl (C=O) groups excluding carboxylic acids is 2. The molecule has 162 valence electrons. The van der Waals surface area contributed by atoms with Crippen molar-refractivity contribution in [3.63, 3.8) is 0 Å². The predicted octanol–water partition coefficient (Wildman–Crippen LogP) is 4.18. The van der Waals surface area contributed by atoms with Crippen molar-refractivity contribution in [2.75, 3.05) is 5.75 Å². The Morgan fingerprint density at radius 2 is 1.81 bits per heavy atom. The van der Waals surface area contributed by atoms with Crippen molar-refractivity contribution in [3.8, 4) is 0 Å². The molecule has 6 nitrogen and oxygen atoms in total. The van der Waals surface area contributed by atoms with Crippen molar-refractivity contribution >= 4 is 30.0 Å². The molecule has 2 unspecified atom stereocenters. The molecule has 2 amide bonds. The normalized spacial score (nSPS) is 23.6. The molecule has 0 aliphatic carbocycles. The standard InChI is InChI=1S/C24H26N2O4S/c27-14-8-7-13-19(23(28)29)21-20-16-31-22(18-11-5-2-6-12-18)26(20)24(30)25(21)15-17-9-3-1-4-10-17/h1-6,9-12,14,19-22H,7-8,13,15-16H2,(H,28,29)/t19?,20-,21?,22-/m0/s1. The number of urea groups is 1. The molecule has 2 aromatic rings. The van der Waals surface area contributed by atoms with Crippen LogP contribution in [0.15, 0.2) is 60.7 Å². The maximum atomic E-state index is 13.6. The first-order valence-corrected chi connectivity index (χ1v) is 11.6. The highest BCUT2D eigenvalue weighted by Gasteiger charge is 2.56. The number of hydrogen-bond acceptors (Lipinski definition) is 4. The zero-order valence-electron chi connectivity index (χ0n) is 17.2. The minimum atomic E-state index is -0.906. The predicted molar refractivity (Wildman–Crippen MR) is 119 cm³/mol. The van der Waals surface area contributed by atoms with E-state index in [0.29, 0.717) is 31.6 Å². The summed E-state index contributed by atoms with van der Waals surface area (Å²) in [4.78, 5) is 40.3. The van der Waals surface area contributed by atoms with Gasteiger partial charge in [-0.25, -0.2) is 4.79 Å². The molecule has 0 aromatic heterocycles. The fourth-order valence-electron chi connectivity index (χ4n) is 4.69. The molecule has 2 fully saturated rings. The summed E-state index contributed by atoms with van der Waals surface area (Å²) in [5.41, 5.74) is 2.03. The SMILES string of the molecule is O=CCCCC(C(=O)O)C1[C@@H]2CS[C@@H](c3ccccc3)N2C(=O)N1Cc1ccccc1. The Kier molecular flexibility index (Phi) is 6.61. The number of nitrogens with zero attached hydrogens (tertiary/aromatic N) is 2. The topological polar surface area (TPSA) is 77.9 Å². The number of rotatable bonds is 9. The van der Waals surface area contributed by atoms with E-state index in [4.69, 9.17) is 0 Å². The van der Waals surface area contributed by atoms with E-state index in [1.807, 2.05) is 65.6 Å². The lowest BCUT2D eigenvalue weighted by atomic mass is 9.88. The van der Waals surface area contributed by atoms with E-state index < -0.39 is 17.9 Å². The molecular formula is C24H26N2O4S. The van der Waals surface area contributed by atoms with Gasteiger partial charge in [0.2, 0.25) is 0 Å². The van der Waals surface area contributed by atoms with Crippen molar-refractivity contribution in [2.45, 2.75) is 43.3 Å². The van der Waals surface area contributed by atoms with Gasteiger partial charge in [0.15, 0.2) is 0 Å². The van der Waals surface area contributed by atoms with E-state index in [-0.39, 0.29) is 17.4 Å². The molecule has 4 rings (SSSR count). The zero-order chi connectivity index (χ0) is 21.8. The summed E-state index contributed by atoms with van der Waals surface area (Å²) in [5.74, 6) is -0.923. The number of carboxylic acids is 1. The van der Waals surface area contributed by atoms with Crippen LogP contribution in [-0.4, -0.2) is 51.0 Å². The second kappa shape index (κ2) is 9.56. The summed E-state index contributed by atoms with van der Waals surface area (Å²) < 4.78 is 0. The number of aliphatic carboxylic acids is 1. The van der Waals surface area contributed by atoms with E-state index in [1.165, 1.54) is 0 Å². The summed E-state index contributed by atoms with van der Waals surface area (Å²) in [6.07, 6.45) is 2.04. The summed E-state index contributed by atoms with van der Waals surface area (Å²) in [6.45, 7) is 0.376. The number of aldehydes is 1. The van der Waals surface area contributed by atoms with E-state index >= 15 is 0 Å². The Hall–Kier alpha value is -2.80. The fraction of sp³-hybridized carbons (Fsp3) is 0.375. The number of fused-ring (bicyclic) bond motifs is 1. The van der Waals surface area contributed by atoms with Crippen molar-refractivity contribution in [3.05, 3.63) is 71.8 Å². The van der Waals surface area contributed by atoms with Gasteiger partial charge in [0.25, 0.3) is 0 Å². The molecule has 0 radical (unpaired) electrons. The Balaban J connectivity index is 1.67. The Morgan fingerprint density at radius 1 is 1.13 bits per heavy atom. The van der Waals surface area contributed by atoms with Gasteiger partial charge in [-0.1, -0.05) is 60.7 Å². The molecule has 2 aromatic carbocycles. The summed E-state index contributed by atoms with van der Waals surface area (Å²) in [6, 6.07) is 18.9. The fourth-order valence-corrected chi connectivity index (χ4v) is 6.18. The van der Waals surface area contributed by atoms with Gasteiger partial charge in [-0.2, -0.15) is 0 Å². The Bertz CT molecular complexity index is 924. The average molecular weight is 439 g/mol. The number of thioether (sulfide) groups is 1. The van der Waals surface area contributed by atoms with Crippen molar-refractivity contribution < 1.29 is 19.5 Å². The summed E-state index contributed by atoms with van der Waals surface area (Å²) in [5, 5.41) is 9.94. The van der Waals surface area contributed by atoms with Crippen LogP contribution >= 0.6 is 11.8 Å². The third-order valence-electron chi connectivity index (χ3n) is 6.10. The Labute approximate surface area is 186 Å². The highest BCUT2D eigenvalue weighted by atomic mass is 32.2. The maximum Gasteiger partial charge on any atom is 0.322 e. The Morgan fingerprint density at radius 3 is 2.45 bits per heavy atom. The van der Waals surface area contributed by atoms with Crippen molar-refractivity contribution in [1.29, 1.82) is 0 Å². The monoisotopic (exact) mass is 438 g/mol. The largest absolute Gasteiger partial charge is 0.481 e. The smallest absolute Gasteiger partial charge is 0.322 e. The minimum Gasteiger partial charge on any atom is -0.481 e. The lowest BCUT2D eigenvalue weighted by molar-refractivity contribution is -0.144. The quantitative estimate of drug-likeness (QED) is 0.469. The van der Waals surface area contributed by atoms with Gasteiger partial charge in [-0.15, -0.1) is 11.8 Å². The zero-order valence-corrected chi connectivity index (χ0v) is 18.0. The van der Waals surface area contributed by atoms with Crippen LogP contribution in [-0.2, 0) is 16.1 Å². The molecule has 2 saturated heterocycles. The number of unbranched alkanes of at least 4 members (excludes halogenated alkanes) is 1. The van der Waals surface area contributed by atoms with Crippen molar-refractivity contribution in [2.24, 2.45) is 5.92 Å². The molecule has 0 spiro atoms. The highest BCUT2D eigenvalue weighted by molar-refractivity contribution is 7.99. The third kappa shape index (κ3) is 4.32. The second-order valence-electron chi connectivity index (χ2n) is 8.00. The molecule has 4 atom stereocenters. The summed E-state index contributed by atoms with van der Waals surface area (Å²) >= 11 is 1.69. The first-order valence-electron chi connectivity index (χ1n) is 10.6. The average Bonchev–Trinajstić information content (AvgIpc) is 3.33. The maximum absolute atomic E-state index is 13.6. The van der Waals surface area contributed by atoms with Crippen LogP contribution in [0.5, 0.6) is 0 Å². The van der Waals surface area contributed by atoms with E-state index in [1.54, 1.807) is 16.7 Å². The molecule has 0 saturated carbocycles. The minimum absolute atomic E-state index is 0.112. The van der Waals surface area contributed by atoms with Gasteiger partial charge in [-0.3, -0.25) is 4.79 Å². The highest BCUT2D eigenvalue weighted by Crippen LogP contribution is 2.49. The van der Waals surface area contributed by atoms with Crippen LogP contribution in [0, 0.1) is 5.92 Å². The van der Waals surface area contributed by atoms with Gasteiger partial charge in [0.1, 0.15) is 11.7 Å². The van der Waals surface area contributed by atoms with E-state index in [2.05, 4.69) is 0 Å². The van der Waals surface area contributed by atoms with Gasteiger partial charge in [-0.05, 0) is 24.0 Å². The van der Waals surface area contributed by atoms with Crippen LogP contribution in [0.4, 0.5) is 4.79 Å². The second-order valence-corrected chi connectivity index (χ2v) is 9.11. The lowest BCUT2D eigenvalue weighted by Crippen LogP contribution is -2.46. The molecular weight excluding hydrogens is 412 g/mol. The lowest BCUT2D eigenvalue weighted by Gasteiger charge is -2.31. The number of carboxylic acid groups (broad SMARTS) is 1. The summed E-state index contributed by atoms with van der Waals surface area (Å²) in [7, 11) is 0. The van der Waals surface area contributed by atoms with Crippen molar-refractivity contribution in [1.82, 2.24) is 9.80 Å². The first-order chi connectivity index (χ1) is 15.1. The molecule has 1 N–H and O–H groups in total. The molecule has 7 heteroatoms. The third-order valence-corrected chi connectivity index (χ3v) is 7.45. The van der Waals surface area contributed by atoms with Gasteiger partial charge >= 0.3 is 12.0 Å². The molecule has 2 aliphatic rings. The van der Waals surface area contributed by atoms with E-state index in [9.17, 15) is 19.5 Å². The van der Waals surface area contributed by atoms with E-state index in [0.717, 1.165) is 17.4 Å². The molecule has 31 heavy (non-hydrogen) atoms. The number of benzene rings is 2. The van der Waals surface area contributed by atoms with Crippen LogP contribution in [0.1, 0.15) is 35.8 Å². The first kappa shape index (κ1) is 21.4. The van der Waals surface area contributed by atoms with Gasteiger partial charge in [0.05, 0.1) is 18.0 Å². The van der Waals surface area contributed by atoms with Crippen LogP contribution in [0.2, 0.25) is 0 Å². The van der Waals surface area contributed by atoms with Crippen LogP contribution in [0.3, 0.4) is 0 Å².